The van der Waals surface area contributed by atoms with E-state index in [-0.39, 0.29) is 17.3 Å². The number of aliphatic hydroxyl groups excluding tert-OH is 1. The second kappa shape index (κ2) is 6.35. The van der Waals surface area contributed by atoms with Crippen LogP contribution in [0.3, 0.4) is 0 Å². The van der Waals surface area contributed by atoms with Gasteiger partial charge in [0, 0.05) is 11.8 Å². The molecule has 2 rings (SSSR count). The number of nitrogens with one attached hydrogen (secondary N) is 1. The summed E-state index contributed by atoms with van der Waals surface area (Å²) in [5.41, 5.74) is 1.09. The van der Waals surface area contributed by atoms with Crippen molar-refractivity contribution in [3.05, 3.63) is 47.7 Å². The maximum Gasteiger partial charge on any atom is 0.263 e. The van der Waals surface area contributed by atoms with E-state index >= 15 is 0 Å². The van der Waals surface area contributed by atoms with E-state index in [0.717, 1.165) is 0 Å². The third kappa shape index (κ3) is 3.78. The predicted octanol–water partition coefficient (Wildman–Crippen LogP) is 0.930. The van der Waals surface area contributed by atoms with E-state index in [9.17, 15) is 8.42 Å². The van der Waals surface area contributed by atoms with Gasteiger partial charge in [-0.2, -0.15) is 5.10 Å². The number of aryl methyl sites for hydroxylation is 1. The number of anilines is 1. The van der Waals surface area contributed by atoms with E-state index in [1.54, 1.807) is 25.1 Å². The molecule has 0 amide bonds. The molecule has 0 atom stereocenters. The molecule has 0 unspecified atom stereocenters. The van der Waals surface area contributed by atoms with Crippen molar-refractivity contribution in [3.8, 4) is 11.8 Å². The normalized spacial score (nSPS) is 10.6. The number of aromatic nitrogens is 2. The van der Waals surface area contributed by atoms with Crippen molar-refractivity contribution in [1.82, 2.24) is 10.2 Å². The third-order valence-corrected chi connectivity index (χ3v) is 4.10. The van der Waals surface area contributed by atoms with Crippen LogP contribution >= 0.6 is 0 Å². The molecule has 7 heteroatoms. The average Bonchev–Trinajstić information content (AvgIpc) is 2.47. The number of benzene rings is 1. The highest BCUT2D eigenvalue weighted by molar-refractivity contribution is 7.92. The van der Waals surface area contributed by atoms with Crippen LogP contribution in [0.25, 0.3) is 0 Å². The lowest BCUT2D eigenvalue weighted by Crippen LogP contribution is -2.15. The summed E-state index contributed by atoms with van der Waals surface area (Å²) >= 11 is 0. The summed E-state index contributed by atoms with van der Waals surface area (Å²) in [6.07, 6.45) is 1.45. The molecular weight excluding hydrogens is 290 g/mol. The van der Waals surface area contributed by atoms with Crippen molar-refractivity contribution in [2.45, 2.75) is 11.8 Å². The first-order valence-corrected chi connectivity index (χ1v) is 7.52. The molecule has 0 aliphatic rings. The van der Waals surface area contributed by atoms with Gasteiger partial charge in [0.2, 0.25) is 0 Å². The summed E-state index contributed by atoms with van der Waals surface area (Å²) in [6, 6.07) is 7.90. The van der Waals surface area contributed by atoms with Crippen LogP contribution < -0.4 is 4.72 Å². The van der Waals surface area contributed by atoms with Crippen LogP contribution in [-0.4, -0.2) is 30.3 Å². The fourth-order valence-electron chi connectivity index (χ4n) is 1.66. The Morgan fingerprint density at radius 3 is 2.81 bits per heavy atom. The maximum atomic E-state index is 12.4. The van der Waals surface area contributed by atoms with Gasteiger partial charge in [-0.1, -0.05) is 17.9 Å². The van der Waals surface area contributed by atoms with E-state index in [0.29, 0.717) is 11.1 Å². The molecule has 0 aliphatic heterocycles. The Morgan fingerprint density at radius 1 is 1.33 bits per heavy atom. The lowest BCUT2D eigenvalue weighted by atomic mass is 10.1. The molecule has 1 heterocycles. The SMILES string of the molecule is Cc1ccc(C#CCO)cc1S(=O)(=O)Nc1cccnn1. The molecule has 0 saturated heterocycles. The molecule has 0 fully saturated rings. The summed E-state index contributed by atoms with van der Waals surface area (Å²) in [5, 5.41) is 16.0. The first kappa shape index (κ1) is 15.0. The van der Waals surface area contributed by atoms with Crippen LogP contribution in [-0.2, 0) is 10.0 Å². The Hall–Kier alpha value is -2.43. The molecule has 0 aliphatic carbocycles. The van der Waals surface area contributed by atoms with E-state index in [4.69, 9.17) is 5.11 Å². The van der Waals surface area contributed by atoms with Gasteiger partial charge in [-0.15, -0.1) is 5.10 Å². The van der Waals surface area contributed by atoms with E-state index in [1.807, 2.05) is 0 Å². The van der Waals surface area contributed by atoms with Crippen LogP contribution in [0.1, 0.15) is 11.1 Å². The first-order valence-electron chi connectivity index (χ1n) is 6.04. The van der Waals surface area contributed by atoms with E-state index in [2.05, 4.69) is 26.8 Å². The minimum Gasteiger partial charge on any atom is -0.384 e. The molecule has 1 aromatic heterocycles. The number of nitrogens with zero attached hydrogens (tertiary/aromatic N) is 2. The average molecular weight is 303 g/mol. The molecule has 0 saturated carbocycles. The van der Waals surface area contributed by atoms with Crippen LogP contribution in [0.4, 0.5) is 5.82 Å². The lowest BCUT2D eigenvalue weighted by Gasteiger charge is -2.09. The third-order valence-electron chi connectivity index (χ3n) is 2.60. The van der Waals surface area contributed by atoms with Crippen LogP contribution in [0.15, 0.2) is 41.4 Å². The number of rotatable bonds is 3. The number of sulfonamides is 1. The van der Waals surface area contributed by atoms with Crippen LogP contribution in [0.5, 0.6) is 0 Å². The van der Waals surface area contributed by atoms with Crippen molar-refractivity contribution in [3.63, 3.8) is 0 Å². The highest BCUT2D eigenvalue weighted by atomic mass is 32.2. The second-order valence-corrected chi connectivity index (χ2v) is 5.81. The van der Waals surface area contributed by atoms with Crippen molar-refractivity contribution in [1.29, 1.82) is 0 Å². The Balaban J connectivity index is 2.39. The summed E-state index contributed by atoms with van der Waals surface area (Å²) in [7, 11) is -3.77. The van der Waals surface area contributed by atoms with Crippen LogP contribution in [0, 0.1) is 18.8 Å². The maximum absolute atomic E-state index is 12.4. The van der Waals surface area contributed by atoms with Gasteiger partial charge in [0.05, 0.1) is 4.90 Å². The molecule has 2 aromatic rings. The van der Waals surface area contributed by atoms with E-state index < -0.39 is 10.0 Å². The molecule has 0 bridgehead atoms. The molecule has 0 spiro atoms. The van der Waals surface area contributed by atoms with Gasteiger partial charge >= 0.3 is 0 Å². The Bertz CT molecular complexity index is 793. The minimum atomic E-state index is -3.77. The number of hydrogen-bond acceptors (Lipinski definition) is 5. The highest BCUT2D eigenvalue weighted by Gasteiger charge is 2.18. The Labute approximate surface area is 122 Å². The molecule has 0 radical (unpaired) electrons. The number of aliphatic hydroxyl groups is 1. The zero-order chi connectivity index (χ0) is 15.3. The Morgan fingerprint density at radius 2 is 2.14 bits per heavy atom. The molecule has 6 nitrogen and oxygen atoms in total. The van der Waals surface area contributed by atoms with Crippen molar-refractivity contribution >= 4 is 15.8 Å². The smallest absolute Gasteiger partial charge is 0.263 e. The van der Waals surface area contributed by atoms with Gasteiger partial charge in [-0.3, -0.25) is 4.72 Å². The molecule has 2 N–H and O–H groups in total. The highest BCUT2D eigenvalue weighted by Crippen LogP contribution is 2.19. The predicted molar refractivity (Wildman–Crippen MR) is 78.0 cm³/mol. The van der Waals surface area contributed by atoms with Crippen LogP contribution in [0.2, 0.25) is 0 Å². The molecule has 1 aromatic carbocycles. The summed E-state index contributed by atoms with van der Waals surface area (Å²) in [6.45, 7) is 1.41. The molecule has 21 heavy (non-hydrogen) atoms. The van der Waals surface area contributed by atoms with Crippen molar-refractivity contribution in [2.24, 2.45) is 0 Å². The quantitative estimate of drug-likeness (QED) is 0.823. The molecule has 108 valence electrons. The standard InChI is InChI=1S/C14H13N3O3S/c1-11-6-7-12(4-3-9-18)10-13(11)21(19,20)17-14-5-2-8-15-16-14/h2,5-8,10,18H,9H2,1H3,(H,16,17). The second-order valence-electron chi connectivity index (χ2n) is 4.15. The summed E-state index contributed by atoms with van der Waals surface area (Å²) < 4.78 is 27.1. The van der Waals surface area contributed by atoms with E-state index in [1.165, 1.54) is 18.3 Å². The summed E-state index contributed by atoms with van der Waals surface area (Å²) in [5.74, 6) is 5.30. The largest absolute Gasteiger partial charge is 0.384 e. The van der Waals surface area contributed by atoms with Gasteiger partial charge in [-0.25, -0.2) is 8.42 Å². The van der Waals surface area contributed by atoms with Gasteiger partial charge in [0.25, 0.3) is 10.0 Å². The van der Waals surface area contributed by atoms with Gasteiger partial charge in [-0.05, 0) is 36.8 Å². The zero-order valence-corrected chi connectivity index (χ0v) is 12.1. The van der Waals surface area contributed by atoms with Gasteiger partial charge in [0.1, 0.15) is 6.61 Å². The fourth-order valence-corrected chi connectivity index (χ4v) is 2.93. The first-order chi connectivity index (χ1) is 10.0. The van der Waals surface area contributed by atoms with Gasteiger partial charge in [0.15, 0.2) is 5.82 Å². The van der Waals surface area contributed by atoms with Gasteiger partial charge < -0.3 is 5.11 Å². The fraction of sp³-hybridized carbons (Fsp3) is 0.143. The van der Waals surface area contributed by atoms with Crippen molar-refractivity contribution < 1.29 is 13.5 Å². The van der Waals surface area contributed by atoms with Crippen molar-refractivity contribution in [2.75, 3.05) is 11.3 Å². The topological polar surface area (TPSA) is 92.2 Å². The monoisotopic (exact) mass is 303 g/mol. The lowest BCUT2D eigenvalue weighted by molar-refractivity contribution is 0.350. The zero-order valence-electron chi connectivity index (χ0n) is 11.2. The Kier molecular flexibility index (Phi) is 4.52. The number of hydrogen-bond donors (Lipinski definition) is 2. The molecular formula is C14H13N3O3S. The minimum absolute atomic E-state index is 0.109. The summed E-state index contributed by atoms with van der Waals surface area (Å²) in [4.78, 5) is 0.109.